The fourth-order valence-electron chi connectivity index (χ4n) is 2.31. The van der Waals surface area contributed by atoms with Gasteiger partial charge in [0.2, 0.25) is 0 Å². The number of nitrogens with one attached hydrogen (secondary N) is 1. The molecule has 0 bridgehead atoms. The van der Waals surface area contributed by atoms with Crippen molar-refractivity contribution in [2.75, 3.05) is 5.32 Å². The highest BCUT2D eigenvalue weighted by Crippen LogP contribution is 2.26. The zero-order valence-electron chi connectivity index (χ0n) is 12.1. The molecular weight excluding hydrogens is 230 g/mol. The van der Waals surface area contributed by atoms with Crippen LogP contribution in [0.25, 0.3) is 0 Å². The summed E-state index contributed by atoms with van der Waals surface area (Å²) in [6.07, 6.45) is 1.09. The first-order valence-electron chi connectivity index (χ1n) is 7.11. The van der Waals surface area contributed by atoms with Gasteiger partial charge in [-0.1, -0.05) is 63.2 Å². The Morgan fingerprint density at radius 3 is 2.05 bits per heavy atom. The van der Waals surface area contributed by atoms with Gasteiger partial charge < -0.3 is 5.32 Å². The van der Waals surface area contributed by atoms with Crippen LogP contribution in [0.4, 0.5) is 5.69 Å². The zero-order chi connectivity index (χ0) is 13.7. The Bertz CT molecular complexity index is 485. The number of rotatable bonds is 5. The van der Waals surface area contributed by atoms with Crippen molar-refractivity contribution in [2.45, 2.75) is 33.2 Å². The molecule has 0 saturated carbocycles. The van der Waals surface area contributed by atoms with Crippen LogP contribution in [0, 0.1) is 5.92 Å². The summed E-state index contributed by atoms with van der Waals surface area (Å²) < 4.78 is 0. The lowest BCUT2D eigenvalue weighted by Gasteiger charge is -2.24. The monoisotopic (exact) mass is 253 g/mol. The molecule has 0 saturated heterocycles. The normalized spacial score (nSPS) is 12.4. The van der Waals surface area contributed by atoms with Gasteiger partial charge in [-0.15, -0.1) is 0 Å². The minimum Gasteiger partial charge on any atom is -0.378 e. The fraction of sp³-hybridized carbons (Fsp3) is 0.333. The number of hydrogen-bond donors (Lipinski definition) is 1. The molecule has 19 heavy (non-hydrogen) atoms. The molecule has 0 fully saturated rings. The second-order valence-electron chi connectivity index (χ2n) is 5.33. The van der Waals surface area contributed by atoms with Crippen molar-refractivity contribution in [3.63, 3.8) is 0 Å². The highest BCUT2D eigenvalue weighted by molar-refractivity contribution is 5.47. The van der Waals surface area contributed by atoms with E-state index in [4.69, 9.17) is 0 Å². The largest absolute Gasteiger partial charge is 0.378 e. The quantitative estimate of drug-likeness (QED) is 0.785. The van der Waals surface area contributed by atoms with Gasteiger partial charge in [0.25, 0.3) is 0 Å². The minimum atomic E-state index is 0.355. The minimum absolute atomic E-state index is 0.355. The van der Waals surface area contributed by atoms with Crippen LogP contribution >= 0.6 is 0 Å². The van der Waals surface area contributed by atoms with Crippen molar-refractivity contribution < 1.29 is 0 Å². The summed E-state index contributed by atoms with van der Waals surface area (Å²) in [4.78, 5) is 0. The molecule has 1 N–H and O–H groups in total. The van der Waals surface area contributed by atoms with E-state index in [1.165, 1.54) is 16.8 Å². The molecule has 0 aliphatic rings. The van der Waals surface area contributed by atoms with Crippen LogP contribution in [0.15, 0.2) is 54.6 Å². The van der Waals surface area contributed by atoms with Gasteiger partial charge in [0.15, 0.2) is 0 Å². The third kappa shape index (κ3) is 3.60. The third-order valence-electron chi connectivity index (χ3n) is 3.51. The van der Waals surface area contributed by atoms with Crippen LogP contribution in [0.5, 0.6) is 0 Å². The Morgan fingerprint density at radius 1 is 0.895 bits per heavy atom. The number of benzene rings is 2. The van der Waals surface area contributed by atoms with Crippen LogP contribution in [0.1, 0.15) is 37.9 Å². The summed E-state index contributed by atoms with van der Waals surface area (Å²) in [5.41, 5.74) is 3.92. The second-order valence-corrected chi connectivity index (χ2v) is 5.33. The first-order chi connectivity index (χ1) is 9.20. The van der Waals surface area contributed by atoms with Gasteiger partial charge in [-0.3, -0.25) is 0 Å². The van der Waals surface area contributed by atoms with Crippen LogP contribution in [-0.2, 0) is 6.42 Å². The molecule has 0 aliphatic heterocycles. The first kappa shape index (κ1) is 13.7. The van der Waals surface area contributed by atoms with Crippen molar-refractivity contribution in [1.29, 1.82) is 0 Å². The molecule has 0 heterocycles. The zero-order valence-corrected chi connectivity index (χ0v) is 12.1. The van der Waals surface area contributed by atoms with Crippen molar-refractivity contribution in [1.82, 2.24) is 0 Å². The van der Waals surface area contributed by atoms with Crippen molar-refractivity contribution in [3.05, 3.63) is 65.7 Å². The van der Waals surface area contributed by atoms with E-state index in [0.29, 0.717) is 12.0 Å². The van der Waals surface area contributed by atoms with Gasteiger partial charge >= 0.3 is 0 Å². The van der Waals surface area contributed by atoms with E-state index in [-0.39, 0.29) is 0 Å². The number of anilines is 1. The van der Waals surface area contributed by atoms with Crippen LogP contribution in [0.3, 0.4) is 0 Å². The summed E-state index contributed by atoms with van der Waals surface area (Å²) in [7, 11) is 0. The Hall–Kier alpha value is -1.76. The Kier molecular flexibility index (Phi) is 4.62. The lowest BCUT2D eigenvalue weighted by molar-refractivity contribution is 0.546. The van der Waals surface area contributed by atoms with Gasteiger partial charge in [-0.2, -0.15) is 0 Å². The van der Waals surface area contributed by atoms with Gasteiger partial charge in [0.1, 0.15) is 0 Å². The fourth-order valence-corrected chi connectivity index (χ4v) is 2.31. The summed E-state index contributed by atoms with van der Waals surface area (Å²) in [6.45, 7) is 6.69. The molecule has 2 rings (SSSR count). The van der Waals surface area contributed by atoms with Crippen molar-refractivity contribution >= 4 is 5.69 Å². The Labute approximate surface area is 116 Å². The average molecular weight is 253 g/mol. The SMILES string of the molecule is CCc1ccc(NC(c2ccccc2)C(C)C)cc1. The second kappa shape index (κ2) is 6.42. The van der Waals surface area contributed by atoms with Crippen LogP contribution < -0.4 is 5.32 Å². The topological polar surface area (TPSA) is 12.0 Å². The highest BCUT2D eigenvalue weighted by Gasteiger charge is 2.14. The molecule has 1 nitrogen and oxygen atoms in total. The molecule has 0 spiro atoms. The van der Waals surface area contributed by atoms with E-state index in [9.17, 15) is 0 Å². The molecular formula is C18H23N. The predicted molar refractivity (Wildman–Crippen MR) is 83.5 cm³/mol. The molecule has 1 unspecified atom stereocenters. The van der Waals surface area contributed by atoms with E-state index in [2.05, 4.69) is 80.7 Å². The molecule has 2 aromatic rings. The van der Waals surface area contributed by atoms with Crippen LogP contribution in [-0.4, -0.2) is 0 Å². The van der Waals surface area contributed by atoms with Gasteiger partial charge in [0.05, 0.1) is 6.04 Å². The summed E-state index contributed by atoms with van der Waals surface area (Å²) in [5, 5.41) is 3.65. The van der Waals surface area contributed by atoms with E-state index >= 15 is 0 Å². The molecule has 0 amide bonds. The summed E-state index contributed by atoms with van der Waals surface area (Å²) in [6, 6.07) is 19.8. The van der Waals surface area contributed by atoms with E-state index in [0.717, 1.165) is 6.42 Å². The van der Waals surface area contributed by atoms with E-state index in [1.807, 2.05) is 0 Å². The standard InChI is InChI=1S/C18H23N/c1-4-15-10-12-17(13-11-15)19-18(14(2)3)16-8-6-5-7-9-16/h5-14,18-19H,4H2,1-3H3. The smallest absolute Gasteiger partial charge is 0.0536 e. The lowest BCUT2D eigenvalue weighted by atomic mass is 9.95. The molecule has 1 heteroatoms. The molecule has 2 aromatic carbocycles. The highest BCUT2D eigenvalue weighted by atomic mass is 14.9. The van der Waals surface area contributed by atoms with Crippen molar-refractivity contribution in [2.24, 2.45) is 5.92 Å². The Balaban J connectivity index is 2.17. The lowest BCUT2D eigenvalue weighted by Crippen LogP contribution is -2.16. The predicted octanol–water partition coefficient (Wildman–Crippen LogP) is 5.06. The molecule has 1 atom stereocenters. The average Bonchev–Trinajstić information content (AvgIpc) is 2.46. The first-order valence-corrected chi connectivity index (χ1v) is 7.11. The maximum atomic E-state index is 3.65. The summed E-state index contributed by atoms with van der Waals surface area (Å²) >= 11 is 0. The van der Waals surface area contributed by atoms with Gasteiger partial charge in [0, 0.05) is 5.69 Å². The molecule has 0 aromatic heterocycles. The van der Waals surface area contributed by atoms with Crippen LogP contribution in [0.2, 0.25) is 0 Å². The van der Waals surface area contributed by atoms with E-state index < -0.39 is 0 Å². The third-order valence-corrected chi connectivity index (χ3v) is 3.51. The van der Waals surface area contributed by atoms with Gasteiger partial charge in [-0.05, 0) is 35.6 Å². The number of aryl methyl sites for hydroxylation is 1. The summed E-state index contributed by atoms with van der Waals surface area (Å²) in [5.74, 6) is 0.549. The maximum absolute atomic E-state index is 3.65. The van der Waals surface area contributed by atoms with Crippen molar-refractivity contribution in [3.8, 4) is 0 Å². The maximum Gasteiger partial charge on any atom is 0.0536 e. The molecule has 100 valence electrons. The molecule has 0 aliphatic carbocycles. The Morgan fingerprint density at radius 2 is 1.53 bits per heavy atom. The van der Waals surface area contributed by atoms with E-state index in [1.54, 1.807) is 0 Å². The van der Waals surface area contributed by atoms with Gasteiger partial charge in [-0.25, -0.2) is 0 Å². The number of hydrogen-bond acceptors (Lipinski definition) is 1. The molecule has 0 radical (unpaired) electrons.